The number of ether oxygens (including phenoxy) is 1. The number of para-hydroxylation sites is 1. The Morgan fingerprint density at radius 3 is 1.88 bits per heavy atom. The zero-order chi connectivity index (χ0) is 27.6. The summed E-state index contributed by atoms with van der Waals surface area (Å²) in [7, 11) is 0. The Morgan fingerprint density at radius 2 is 1.14 bits per heavy atom. The van der Waals surface area contributed by atoms with E-state index < -0.39 is 5.41 Å². The topological polar surface area (TPSA) is 17.5 Å². The van der Waals surface area contributed by atoms with Crippen molar-refractivity contribution in [2.45, 2.75) is 17.6 Å². The first-order chi connectivity index (χ1) is 20.7. The summed E-state index contributed by atoms with van der Waals surface area (Å²) in [6.07, 6.45) is 0.185. The molecule has 2 aliphatic carbocycles. The fourth-order valence-corrected chi connectivity index (χ4v) is 8.46. The van der Waals surface area contributed by atoms with E-state index in [9.17, 15) is 0 Å². The average Bonchev–Trinajstić information content (AvgIpc) is 3.72. The molecule has 0 bridgehead atoms. The number of aromatic nitrogens is 1. The summed E-state index contributed by atoms with van der Waals surface area (Å²) < 4.78 is 9.90. The average molecular weight is 603 g/mol. The fourth-order valence-electron chi connectivity index (χ4n) is 8.10. The van der Waals surface area contributed by atoms with Gasteiger partial charge in [0.1, 0.15) is 12.2 Å². The largest absolute Gasteiger partial charge is 0.359 e. The van der Waals surface area contributed by atoms with Crippen LogP contribution < -0.4 is 0 Å². The van der Waals surface area contributed by atoms with E-state index in [2.05, 4.69) is 154 Å². The Balaban J connectivity index is 1.43. The molecule has 0 saturated carbocycles. The Morgan fingerprint density at radius 1 is 0.524 bits per heavy atom. The molecule has 2 unspecified atom stereocenters. The van der Waals surface area contributed by atoms with E-state index >= 15 is 0 Å². The number of epoxide rings is 1. The molecule has 42 heavy (non-hydrogen) atoms. The maximum atomic E-state index is 6.38. The van der Waals surface area contributed by atoms with Crippen LogP contribution in [0.15, 0.2) is 138 Å². The van der Waals surface area contributed by atoms with Crippen molar-refractivity contribution >= 4 is 37.7 Å². The second kappa shape index (κ2) is 8.10. The van der Waals surface area contributed by atoms with E-state index in [0.29, 0.717) is 0 Å². The molecule has 10 rings (SSSR count). The Labute approximate surface area is 252 Å². The second-order valence-electron chi connectivity index (χ2n) is 11.7. The van der Waals surface area contributed by atoms with E-state index in [1.165, 1.54) is 72.0 Å². The Hall–Kier alpha value is -4.44. The van der Waals surface area contributed by atoms with Crippen LogP contribution in [0.1, 0.15) is 45.6 Å². The third kappa shape index (κ3) is 2.78. The number of nitrogens with zero attached hydrogens (tertiary/aromatic N) is 1. The van der Waals surface area contributed by atoms with Gasteiger partial charge in [-0.05, 0) is 87.0 Å². The van der Waals surface area contributed by atoms with Gasteiger partial charge in [0.15, 0.2) is 0 Å². The molecule has 1 aromatic heterocycles. The molecule has 1 spiro atoms. The highest BCUT2D eigenvalue weighted by Crippen LogP contribution is 2.65. The number of rotatable bonds is 1. The van der Waals surface area contributed by atoms with Crippen molar-refractivity contribution in [3.05, 3.63) is 171 Å². The summed E-state index contributed by atoms with van der Waals surface area (Å²) in [5, 5.41) is 2.52. The van der Waals surface area contributed by atoms with Gasteiger partial charge in [0.25, 0.3) is 0 Å². The van der Waals surface area contributed by atoms with E-state index in [0.717, 1.165) is 4.47 Å². The lowest BCUT2D eigenvalue weighted by atomic mass is 9.66. The predicted octanol–water partition coefficient (Wildman–Crippen LogP) is 10.0. The smallest absolute Gasteiger partial charge is 0.114 e. The van der Waals surface area contributed by atoms with Crippen molar-refractivity contribution in [2.75, 3.05) is 0 Å². The standard InChI is InChI=1S/C39H24BrNO/c40-23-18-19-35-29(20-23)30-21-28-25-12-4-7-15-31(25)39(34(28)22-36(30)41(35)24-10-2-1-3-11-24)32-16-8-5-13-26(32)37-38(42-37)27-14-6-9-17-33(27)39/h1-22,37-38H. The lowest BCUT2D eigenvalue weighted by Crippen LogP contribution is -2.30. The van der Waals surface area contributed by atoms with E-state index in [4.69, 9.17) is 4.74 Å². The normalized spacial score (nSPS) is 21.0. The van der Waals surface area contributed by atoms with Crippen molar-refractivity contribution in [3.8, 4) is 16.8 Å². The summed E-state index contributed by atoms with van der Waals surface area (Å²) in [5.74, 6) is 0. The maximum Gasteiger partial charge on any atom is 0.114 e. The van der Waals surface area contributed by atoms with Crippen molar-refractivity contribution in [1.29, 1.82) is 0 Å². The first kappa shape index (κ1) is 23.2. The lowest BCUT2D eigenvalue weighted by molar-refractivity contribution is 0.372. The predicted molar refractivity (Wildman–Crippen MR) is 172 cm³/mol. The van der Waals surface area contributed by atoms with Gasteiger partial charge in [-0.1, -0.05) is 107 Å². The molecule has 0 N–H and O–H groups in total. The zero-order valence-corrected chi connectivity index (χ0v) is 24.2. The summed E-state index contributed by atoms with van der Waals surface area (Å²) in [4.78, 5) is 0. The van der Waals surface area contributed by atoms with Crippen LogP contribution in [0.5, 0.6) is 0 Å². The van der Waals surface area contributed by atoms with Crippen LogP contribution >= 0.6 is 15.9 Å². The minimum absolute atomic E-state index is 0.0924. The number of hydrogen-bond donors (Lipinski definition) is 0. The zero-order valence-electron chi connectivity index (χ0n) is 22.6. The Bertz CT molecular complexity index is 2210. The van der Waals surface area contributed by atoms with Crippen LogP contribution in [-0.2, 0) is 10.2 Å². The van der Waals surface area contributed by atoms with Crippen molar-refractivity contribution in [1.82, 2.24) is 4.57 Å². The van der Waals surface area contributed by atoms with Gasteiger partial charge >= 0.3 is 0 Å². The molecular weight excluding hydrogens is 578 g/mol. The monoisotopic (exact) mass is 601 g/mol. The number of hydrogen-bond acceptors (Lipinski definition) is 1. The molecule has 7 aromatic rings. The molecule has 2 nitrogen and oxygen atoms in total. The molecule has 2 atom stereocenters. The number of benzene rings is 6. The third-order valence-electron chi connectivity index (χ3n) is 9.74. The van der Waals surface area contributed by atoms with Gasteiger partial charge in [-0.3, -0.25) is 0 Å². The summed E-state index contributed by atoms with van der Waals surface area (Å²) in [6.45, 7) is 0. The minimum Gasteiger partial charge on any atom is -0.359 e. The van der Waals surface area contributed by atoms with E-state index in [1.54, 1.807) is 0 Å². The van der Waals surface area contributed by atoms with Crippen LogP contribution in [-0.4, -0.2) is 4.57 Å². The van der Waals surface area contributed by atoms with Gasteiger partial charge in [0.05, 0.1) is 16.4 Å². The molecule has 1 aliphatic heterocycles. The van der Waals surface area contributed by atoms with Crippen molar-refractivity contribution in [2.24, 2.45) is 0 Å². The quantitative estimate of drug-likeness (QED) is 0.171. The molecule has 0 amide bonds. The number of fused-ring (bicyclic) bond motifs is 15. The summed E-state index contributed by atoms with van der Waals surface area (Å²) >= 11 is 3.76. The molecule has 6 aromatic carbocycles. The molecule has 1 saturated heterocycles. The van der Waals surface area contributed by atoms with Gasteiger partial charge in [-0.15, -0.1) is 0 Å². The first-order valence-corrected chi connectivity index (χ1v) is 15.3. The highest BCUT2D eigenvalue weighted by molar-refractivity contribution is 9.10. The third-order valence-corrected chi connectivity index (χ3v) is 10.2. The lowest BCUT2D eigenvalue weighted by Gasteiger charge is -2.35. The fraction of sp³-hybridized carbons (Fsp3) is 0.0769. The Kier molecular flexibility index (Phi) is 4.46. The first-order valence-electron chi connectivity index (χ1n) is 14.5. The molecule has 0 radical (unpaired) electrons. The summed E-state index contributed by atoms with van der Waals surface area (Å²) in [6, 6.07) is 49.4. The number of halogens is 1. The highest BCUT2D eigenvalue weighted by Gasteiger charge is 2.56. The van der Waals surface area contributed by atoms with Gasteiger partial charge in [-0.25, -0.2) is 0 Å². The molecule has 1 fully saturated rings. The van der Waals surface area contributed by atoms with Gasteiger partial charge in [0.2, 0.25) is 0 Å². The van der Waals surface area contributed by atoms with E-state index in [1.807, 2.05) is 0 Å². The molecule has 198 valence electrons. The second-order valence-corrected chi connectivity index (χ2v) is 12.6. The molecular formula is C39H24BrNO. The maximum absolute atomic E-state index is 6.38. The van der Waals surface area contributed by atoms with E-state index in [-0.39, 0.29) is 12.2 Å². The van der Waals surface area contributed by atoms with Crippen LogP contribution in [0.25, 0.3) is 38.6 Å². The van der Waals surface area contributed by atoms with Gasteiger partial charge < -0.3 is 9.30 Å². The summed E-state index contributed by atoms with van der Waals surface area (Å²) in [5.41, 5.74) is 13.7. The van der Waals surface area contributed by atoms with Crippen molar-refractivity contribution < 1.29 is 4.74 Å². The van der Waals surface area contributed by atoms with Gasteiger partial charge in [0, 0.05) is 20.9 Å². The van der Waals surface area contributed by atoms with Crippen LogP contribution in [0.3, 0.4) is 0 Å². The highest BCUT2D eigenvalue weighted by atomic mass is 79.9. The van der Waals surface area contributed by atoms with Crippen LogP contribution in [0.2, 0.25) is 0 Å². The molecule has 3 aliphatic rings. The van der Waals surface area contributed by atoms with Crippen molar-refractivity contribution in [3.63, 3.8) is 0 Å². The SMILES string of the molecule is Brc1ccc2c(c1)c1cc3c(cc1n2-c1ccccc1)C1(c2ccccc2-3)c2ccccc2C2OC2c2ccccc21. The van der Waals surface area contributed by atoms with Crippen LogP contribution in [0.4, 0.5) is 0 Å². The minimum atomic E-state index is -0.442. The molecule has 2 heterocycles. The molecule has 3 heteroatoms. The van der Waals surface area contributed by atoms with Gasteiger partial charge in [-0.2, -0.15) is 0 Å². The van der Waals surface area contributed by atoms with Crippen LogP contribution in [0, 0.1) is 0 Å².